The molecule has 3 atom stereocenters. The molecule has 1 amide bonds. The largest absolute Gasteiger partial charge is 0.756 e. The molecule has 0 aliphatic heterocycles. The predicted octanol–water partition coefficient (Wildman–Crippen LogP) is 10.9. The summed E-state index contributed by atoms with van der Waals surface area (Å²) in [5, 5.41) is 13.7. The van der Waals surface area contributed by atoms with Gasteiger partial charge in [-0.25, -0.2) is 0 Å². The van der Waals surface area contributed by atoms with Crippen molar-refractivity contribution < 1.29 is 32.9 Å². The number of hydrogen-bond acceptors (Lipinski definition) is 6. The molecular weight excluding hydrogens is 707 g/mol. The van der Waals surface area contributed by atoms with E-state index in [1.807, 2.05) is 27.2 Å². The fourth-order valence-corrected chi connectivity index (χ4v) is 5.86. The molecule has 2 N–H and O–H groups in total. The highest BCUT2D eigenvalue weighted by molar-refractivity contribution is 7.45. The Morgan fingerprint density at radius 2 is 1.13 bits per heavy atom. The Morgan fingerprint density at radius 3 is 1.69 bits per heavy atom. The van der Waals surface area contributed by atoms with Gasteiger partial charge in [0.25, 0.3) is 7.82 Å². The van der Waals surface area contributed by atoms with Gasteiger partial charge in [-0.3, -0.25) is 9.36 Å². The van der Waals surface area contributed by atoms with Gasteiger partial charge in [0, 0.05) is 6.42 Å². The van der Waals surface area contributed by atoms with Crippen LogP contribution in [0.2, 0.25) is 0 Å². The number of aliphatic hydroxyl groups is 1. The number of unbranched alkanes of at least 4 members (excludes halogenated alkanes) is 9. The zero-order chi connectivity index (χ0) is 40.7. The molecule has 0 aromatic heterocycles. The Bertz CT molecular complexity index is 1210. The molecule has 3 unspecified atom stereocenters. The lowest BCUT2D eigenvalue weighted by Gasteiger charge is -2.29. The summed E-state index contributed by atoms with van der Waals surface area (Å²) in [5.41, 5.74) is 0. The highest BCUT2D eigenvalue weighted by atomic mass is 31.2. The number of quaternary nitrogens is 1. The Morgan fingerprint density at radius 1 is 0.655 bits per heavy atom. The molecule has 0 saturated carbocycles. The van der Waals surface area contributed by atoms with Crippen molar-refractivity contribution in [2.75, 3.05) is 40.9 Å². The van der Waals surface area contributed by atoms with Crippen LogP contribution in [-0.4, -0.2) is 68.5 Å². The fraction of sp³-hybridized carbons (Fsp3) is 0.630. The van der Waals surface area contributed by atoms with Crippen molar-refractivity contribution in [3.05, 3.63) is 97.2 Å². The highest BCUT2D eigenvalue weighted by Crippen LogP contribution is 2.38. The van der Waals surface area contributed by atoms with E-state index >= 15 is 0 Å². The van der Waals surface area contributed by atoms with Gasteiger partial charge < -0.3 is 28.8 Å². The lowest BCUT2D eigenvalue weighted by molar-refractivity contribution is -0.870. The first-order chi connectivity index (χ1) is 26.5. The predicted molar refractivity (Wildman–Crippen MR) is 233 cm³/mol. The smallest absolute Gasteiger partial charge is 0.268 e. The summed E-state index contributed by atoms with van der Waals surface area (Å²) in [5.74, 6) is -0.238. The lowest BCUT2D eigenvalue weighted by atomic mass is 10.1. The number of carbonyl (C=O) groups excluding carboxylic acids is 1. The first-order valence-corrected chi connectivity index (χ1v) is 22.6. The standard InChI is InChI=1S/C46H79N2O6P/c1-6-8-10-12-14-16-18-20-21-22-23-24-25-26-27-28-30-32-34-36-38-40-46(50)47-44(43-54-55(51,52)53-42-41-48(3,4)5)45(49)39-37-35-33-31-29-19-17-15-13-11-9-7-2/h8,10,13-16,20-21,23-24,26-27,29,31,37,39,44-45,49H,6-7,9,11-12,17-19,22,25,28,30,32-36,38,40-43H2,1-5H3,(H-,47,50,51,52)/b10-8-,15-13+,16-14-,21-20-,24-23-,27-26-,31-29+,39-37+. The van der Waals surface area contributed by atoms with Gasteiger partial charge in [0.1, 0.15) is 13.2 Å². The summed E-state index contributed by atoms with van der Waals surface area (Å²) < 4.78 is 23.1. The molecule has 0 aliphatic carbocycles. The number of nitrogens with one attached hydrogen (secondary N) is 1. The van der Waals surface area contributed by atoms with Crippen molar-refractivity contribution in [1.82, 2.24) is 5.32 Å². The molecule has 55 heavy (non-hydrogen) atoms. The van der Waals surface area contributed by atoms with E-state index in [9.17, 15) is 19.4 Å². The van der Waals surface area contributed by atoms with E-state index in [4.69, 9.17) is 9.05 Å². The number of amides is 1. The molecule has 314 valence electrons. The molecule has 0 fully saturated rings. The molecule has 0 rings (SSSR count). The van der Waals surface area contributed by atoms with Crippen LogP contribution in [-0.2, 0) is 18.4 Å². The fourth-order valence-electron chi connectivity index (χ4n) is 5.13. The zero-order valence-electron chi connectivity index (χ0n) is 35.3. The molecule has 0 heterocycles. The van der Waals surface area contributed by atoms with E-state index in [1.165, 1.54) is 12.8 Å². The van der Waals surface area contributed by atoms with Crippen molar-refractivity contribution in [3.63, 3.8) is 0 Å². The van der Waals surface area contributed by atoms with Crippen molar-refractivity contribution in [2.45, 2.75) is 148 Å². The topological polar surface area (TPSA) is 108 Å². The first kappa shape index (κ1) is 52.4. The monoisotopic (exact) mass is 787 g/mol. The van der Waals surface area contributed by atoms with Gasteiger partial charge >= 0.3 is 0 Å². The minimum absolute atomic E-state index is 0.0191. The van der Waals surface area contributed by atoms with Gasteiger partial charge in [-0.05, 0) is 83.5 Å². The van der Waals surface area contributed by atoms with Crippen molar-refractivity contribution >= 4 is 13.7 Å². The number of rotatable bonds is 36. The molecule has 0 bridgehead atoms. The number of nitrogens with zero attached hydrogens (tertiary/aromatic N) is 1. The van der Waals surface area contributed by atoms with Crippen LogP contribution in [0, 0.1) is 0 Å². The second-order valence-electron chi connectivity index (χ2n) is 14.9. The maximum absolute atomic E-state index is 12.8. The van der Waals surface area contributed by atoms with Crippen molar-refractivity contribution in [2.24, 2.45) is 0 Å². The molecule has 0 radical (unpaired) electrons. The van der Waals surface area contributed by atoms with Crippen LogP contribution in [0.4, 0.5) is 0 Å². The summed E-state index contributed by atoms with van der Waals surface area (Å²) in [4.78, 5) is 25.2. The average molecular weight is 787 g/mol. The highest BCUT2D eigenvalue weighted by Gasteiger charge is 2.23. The summed E-state index contributed by atoms with van der Waals surface area (Å²) in [6.07, 6.45) is 51.7. The summed E-state index contributed by atoms with van der Waals surface area (Å²) in [6, 6.07) is -0.925. The third-order valence-corrected chi connectivity index (χ3v) is 9.47. The Hall–Kier alpha value is -2.58. The maximum atomic E-state index is 12.8. The SMILES string of the molecule is CC/C=C\C/C=C\C/C=C\C/C=C\C/C=C\CCCCCCCC(=O)NC(COP(=O)([O-])OCC[N+](C)(C)C)C(O)/C=C/CC/C=C/CC/C=C/CCCC. The summed E-state index contributed by atoms with van der Waals surface area (Å²) >= 11 is 0. The number of likely N-dealkylation sites (N-methyl/N-ethyl adjacent to an activating group) is 1. The van der Waals surface area contributed by atoms with Crippen LogP contribution in [0.1, 0.15) is 136 Å². The quantitative estimate of drug-likeness (QED) is 0.0283. The van der Waals surface area contributed by atoms with Crippen LogP contribution in [0.15, 0.2) is 97.2 Å². The molecule has 8 nitrogen and oxygen atoms in total. The number of carbonyl (C=O) groups is 1. The molecule has 0 spiro atoms. The number of phosphoric acid groups is 1. The maximum Gasteiger partial charge on any atom is 0.268 e. The van der Waals surface area contributed by atoms with Crippen LogP contribution >= 0.6 is 7.82 Å². The van der Waals surface area contributed by atoms with Gasteiger partial charge in [0.05, 0.1) is 39.9 Å². The zero-order valence-corrected chi connectivity index (χ0v) is 36.2. The second-order valence-corrected chi connectivity index (χ2v) is 16.3. The minimum atomic E-state index is -4.61. The van der Waals surface area contributed by atoms with Crippen molar-refractivity contribution in [3.8, 4) is 0 Å². The van der Waals surface area contributed by atoms with Crippen LogP contribution in [0.25, 0.3) is 0 Å². The van der Waals surface area contributed by atoms with E-state index < -0.39 is 26.6 Å². The van der Waals surface area contributed by atoms with Gasteiger partial charge in [-0.1, -0.05) is 143 Å². The van der Waals surface area contributed by atoms with E-state index in [-0.39, 0.29) is 12.5 Å². The minimum Gasteiger partial charge on any atom is -0.756 e. The van der Waals surface area contributed by atoms with Crippen LogP contribution < -0.4 is 10.2 Å². The number of allylic oxidation sites excluding steroid dienone is 15. The first-order valence-electron chi connectivity index (χ1n) is 21.1. The van der Waals surface area contributed by atoms with E-state index in [2.05, 4.69) is 104 Å². The van der Waals surface area contributed by atoms with Crippen LogP contribution in [0.3, 0.4) is 0 Å². The summed E-state index contributed by atoms with van der Waals surface area (Å²) in [7, 11) is 1.20. The number of phosphoric ester groups is 1. The number of hydrogen-bond donors (Lipinski definition) is 2. The molecule has 9 heteroatoms. The van der Waals surface area contributed by atoms with Crippen molar-refractivity contribution in [1.29, 1.82) is 0 Å². The second kappa shape index (κ2) is 37.0. The third kappa shape index (κ3) is 39.5. The molecule has 0 saturated heterocycles. The van der Waals surface area contributed by atoms with Gasteiger partial charge in [0.15, 0.2) is 0 Å². The van der Waals surface area contributed by atoms with E-state index in [1.54, 1.807) is 6.08 Å². The number of aliphatic hydroxyl groups excluding tert-OH is 1. The Kier molecular flexibility index (Phi) is 35.3. The summed E-state index contributed by atoms with van der Waals surface area (Å²) in [6.45, 7) is 4.39. The Labute approximate surface area is 337 Å². The van der Waals surface area contributed by atoms with E-state index in [0.717, 1.165) is 103 Å². The van der Waals surface area contributed by atoms with Gasteiger partial charge in [-0.2, -0.15) is 0 Å². The molecule has 0 aromatic carbocycles. The van der Waals surface area contributed by atoms with E-state index in [0.29, 0.717) is 17.4 Å². The normalized spacial score (nSPS) is 15.4. The average Bonchev–Trinajstić information content (AvgIpc) is 3.13. The van der Waals surface area contributed by atoms with Gasteiger partial charge in [-0.15, -0.1) is 0 Å². The lowest BCUT2D eigenvalue weighted by Crippen LogP contribution is -2.45. The Balaban J connectivity index is 4.52. The molecular formula is C46H79N2O6P. The van der Waals surface area contributed by atoms with Gasteiger partial charge in [0.2, 0.25) is 5.91 Å². The van der Waals surface area contributed by atoms with Crippen LogP contribution in [0.5, 0.6) is 0 Å². The molecule has 0 aliphatic rings. The third-order valence-electron chi connectivity index (χ3n) is 8.51. The molecule has 0 aromatic rings.